The van der Waals surface area contributed by atoms with Gasteiger partial charge in [0.2, 0.25) is 11.8 Å². The van der Waals surface area contributed by atoms with Crippen LogP contribution in [0.5, 0.6) is 0 Å². The summed E-state index contributed by atoms with van der Waals surface area (Å²) < 4.78 is 19.2. The van der Waals surface area contributed by atoms with Crippen LogP contribution >= 0.6 is 0 Å². The van der Waals surface area contributed by atoms with E-state index in [-0.39, 0.29) is 31.0 Å². The number of nitroso groups, excluding NO2 is 1. The van der Waals surface area contributed by atoms with E-state index in [9.17, 15) is 18.9 Å². The number of nitrogens with zero attached hydrogens (tertiary/aromatic N) is 5. The summed E-state index contributed by atoms with van der Waals surface area (Å²) in [6, 6.07) is 1.81. The number of methoxy groups -OCH3 is 1. The van der Waals surface area contributed by atoms with Crippen LogP contribution < -0.4 is 21.3 Å². The first-order valence-corrected chi connectivity index (χ1v) is 12.8. The van der Waals surface area contributed by atoms with Gasteiger partial charge in [-0.3, -0.25) is 24.8 Å². The second-order valence-electron chi connectivity index (χ2n) is 10.1. The van der Waals surface area contributed by atoms with Crippen molar-refractivity contribution in [1.82, 2.24) is 20.1 Å². The summed E-state index contributed by atoms with van der Waals surface area (Å²) in [6.07, 6.45) is 2.52. The first-order chi connectivity index (χ1) is 17.8. The number of hydrogen-bond acceptors (Lipinski definition) is 10. The molecule has 13 heteroatoms. The number of piperidine rings is 1. The van der Waals surface area contributed by atoms with Crippen LogP contribution in [0.4, 0.5) is 15.8 Å². The smallest absolute Gasteiger partial charge is 0.234 e. The highest BCUT2D eigenvalue weighted by Gasteiger charge is 2.40. The number of hydrogen-bond donors (Lipinski definition) is 3. The number of pyridine rings is 1. The molecule has 0 radical (unpaired) electrons. The molecule has 12 nitrogen and oxygen atoms in total. The molecule has 0 spiro atoms. The predicted octanol–water partition coefficient (Wildman–Crippen LogP) is 0.350. The highest BCUT2D eigenvalue weighted by atomic mass is 19.1. The number of alkyl halides is 1. The molecule has 2 amide bonds. The van der Waals surface area contributed by atoms with Crippen molar-refractivity contribution < 1.29 is 18.7 Å². The highest BCUT2D eigenvalue weighted by molar-refractivity contribution is 5.96. The molecule has 3 aliphatic heterocycles. The third-order valence-corrected chi connectivity index (χ3v) is 7.67. The van der Waals surface area contributed by atoms with Gasteiger partial charge in [0.25, 0.3) is 0 Å². The molecule has 4 N–H and O–H groups in total. The Kier molecular flexibility index (Phi) is 9.00. The van der Waals surface area contributed by atoms with E-state index in [2.05, 4.69) is 25.7 Å². The molecule has 3 aliphatic rings. The topological polar surface area (TPSA) is 145 Å². The summed E-state index contributed by atoms with van der Waals surface area (Å²) in [4.78, 5) is 47.5. The van der Waals surface area contributed by atoms with E-state index in [1.54, 1.807) is 31.5 Å². The van der Waals surface area contributed by atoms with Crippen LogP contribution in [-0.4, -0.2) is 105 Å². The van der Waals surface area contributed by atoms with Gasteiger partial charge in [0.1, 0.15) is 12.1 Å². The summed E-state index contributed by atoms with van der Waals surface area (Å²) in [5.74, 6) is -1.40. The number of likely N-dealkylation sites (tertiary alicyclic amines) is 1. The van der Waals surface area contributed by atoms with Gasteiger partial charge in [-0.1, -0.05) is 5.18 Å². The van der Waals surface area contributed by atoms with Gasteiger partial charge in [0.05, 0.1) is 29.8 Å². The number of carbonyl (C=O) groups excluding carboxylic acids is 2. The molecule has 4 unspecified atom stereocenters. The van der Waals surface area contributed by atoms with Crippen molar-refractivity contribution in [3.8, 4) is 0 Å². The molecule has 3 fully saturated rings. The van der Waals surface area contributed by atoms with Crippen LogP contribution in [-0.2, 0) is 14.3 Å². The third-order valence-electron chi connectivity index (χ3n) is 7.67. The summed E-state index contributed by atoms with van der Waals surface area (Å²) >= 11 is 0. The van der Waals surface area contributed by atoms with E-state index < -0.39 is 30.3 Å². The Bertz CT molecular complexity index is 962. The number of nitrogens with two attached hydrogens (primary N) is 1. The fourth-order valence-electron chi connectivity index (χ4n) is 5.57. The van der Waals surface area contributed by atoms with Crippen LogP contribution in [0.3, 0.4) is 0 Å². The van der Waals surface area contributed by atoms with E-state index in [0.717, 1.165) is 18.7 Å². The maximum absolute atomic E-state index is 13.8. The van der Waals surface area contributed by atoms with E-state index in [0.29, 0.717) is 38.2 Å². The highest BCUT2D eigenvalue weighted by Crippen LogP contribution is 2.31. The molecular formula is C24H37FN8O4. The van der Waals surface area contributed by atoms with Crippen molar-refractivity contribution in [1.29, 1.82) is 0 Å². The summed E-state index contributed by atoms with van der Waals surface area (Å²) in [7, 11) is 3.34. The molecule has 0 aliphatic carbocycles. The predicted molar refractivity (Wildman–Crippen MR) is 136 cm³/mol. The largest absolute Gasteiger partial charge is 0.380 e. The Morgan fingerprint density at radius 2 is 2.03 bits per heavy atom. The first-order valence-electron chi connectivity index (χ1n) is 12.8. The molecular weight excluding hydrogens is 483 g/mol. The number of anilines is 2. The van der Waals surface area contributed by atoms with Crippen LogP contribution in [0.2, 0.25) is 0 Å². The lowest BCUT2D eigenvalue weighted by Crippen LogP contribution is -2.62. The zero-order valence-electron chi connectivity index (χ0n) is 21.4. The Hall–Kier alpha value is -2.74. The molecule has 1 aromatic heterocycles. The zero-order chi connectivity index (χ0) is 26.5. The minimum Gasteiger partial charge on any atom is -0.380 e. The SMILES string of the molecule is CO[C@@H]1CCN(C(=O)C2CCN(c3ccncc3NC(=O)C(C(N)N=O)C3NCC(F)CN3C)CC2)C1. The number of carbonyl (C=O) groups is 2. The summed E-state index contributed by atoms with van der Waals surface area (Å²) in [5.41, 5.74) is 7.17. The number of halogens is 1. The number of rotatable bonds is 8. The molecule has 37 heavy (non-hydrogen) atoms. The summed E-state index contributed by atoms with van der Waals surface area (Å²) in [6.45, 7) is 2.84. The van der Waals surface area contributed by atoms with Crippen LogP contribution in [0.1, 0.15) is 19.3 Å². The minimum absolute atomic E-state index is 0.0416. The van der Waals surface area contributed by atoms with Crippen molar-refractivity contribution in [3.63, 3.8) is 0 Å². The van der Waals surface area contributed by atoms with Gasteiger partial charge in [0, 0.05) is 58.5 Å². The maximum Gasteiger partial charge on any atom is 0.234 e. The Morgan fingerprint density at radius 1 is 1.27 bits per heavy atom. The molecule has 4 rings (SSSR count). The fraction of sp³-hybridized carbons (Fsp3) is 0.708. The van der Waals surface area contributed by atoms with Gasteiger partial charge in [-0.05, 0) is 32.4 Å². The first kappa shape index (κ1) is 27.3. The lowest BCUT2D eigenvalue weighted by Gasteiger charge is -2.40. The average molecular weight is 521 g/mol. The monoisotopic (exact) mass is 520 g/mol. The maximum atomic E-state index is 13.8. The van der Waals surface area contributed by atoms with Crippen molar-refractivity contribution in [2.75, 3.05) is 63.6 Å². The quantitative estimate of drug-likeness (QED) is 0.413. The fourth-order valence-corrected chi connectivity index (χ4v) is 5.57. The lowest BCUT2D eigenvalue weighted by atomic mass is 9.95. The average Bonchev–Trinajstić information content (AvgIpc) is 3.39. The standard InChI is InChI=1S/C24H37FN8O4/c1-31-13-16(25)11-28-22(31)20(21(26)30-36)23(34)29-18-12-27-7-3-19(18)32-8-4-15(5-9-32)24(35)33-10-6-17(14-33)37-2/h3,7,12,15-17,20-22,28H,4-6,8-11,13-14,26H2,1-2H3,(H,29,34)/t16?,17-,20?,21?,22?/m1/s1. The van der Waals surface area contributed by atoms with Gasteiger partial charge in [-0.15, -0.1) is 4.91 Å². The molecule has 4 heterocycles. The number of nitrogens with one attached hydrogen (secondary N) is 2. The van der Waals surface area contributed by atoms with Crippen molar-refractivity contribution in [2.45, 2.75) is 43.9 Å². The normalized spacial score (nSPS) is 27.1. The van der Waals surface area contributed by atoms with E-state index >= 15 is 0 Å². The second kappa shape index (κ2) is 12.2. The van der Waals surface area contributed by atoms with Gasteiger partial charge in [-0.25, -0.2) is 4.39 Å². The Labute approximate surface area is 216 Å². The molecule has 0 bridgehead atoms. The van der Waals surface area contributed by atoms with E-state index in [1.165, 1.54) is 0 Å². The van der Waals surface area contributed by atoms with E-state index in [4.69, 9.17) is 10.5 Å². The number of amides is 2. The molecule has 0 aromatic carbocycles. The summed E-state index contributed by atoms with van der Waals surface area (Å²) in [5, 5.41) is 8.73. The van der Waals surface area contributed by atoms with Crippen molar-refractivity contribution >= 4 is 23.2 Å². The minimum atomic E-state index is -1.32. The molecule has 1 aromatic rings. The molecule has 0 saturated carbocycles. The van der Waals surface area contributed by atoms with Crippen molar-refractivity contribution in [3.05, 3.63) is 23.4 Å². The number of aromatic nitrogens is 1. The van der Waals surface area contributed by atoms with Gasteiger partial charge in [-0.2, -0.15) is 0 Å². The molecule has 204 valence electrons. The second-order valence-corrected chi connectivity index (χ2v) is 10.1. The van der Waals surface area contributed by atoms with E-state index in [1.807, 2.05) is 11.0 Å². The molecule has 5 atom stereocenters. The Morgan fingerprint density at radius 3 is 2.68 bits per heavy atom. The molecule has 3 saturated heterocycles. The van der Waals surface area contributed by atoms with Crippen LogP contribution in [0.15, 0.2) is 23.6 Å². The zero-order valence-corrected chi connectivity index (χ0v) is 21.4. The lowest BCUT2D eigenvalue weighted by molar-refractivity contribution is -0.135. The van der Waals surface area contributed by atoms with Crippen LogP contribution in [0.25, 0.3) is 0 Å². The van der Waals surface area contributed by atoms with Gasteiger partial charge in [0.15, 0.2) is 6.17 Å². The Balaban J connectivity index is 1.41. The van der Waals surface area contributed by atoms with Crippen molar-refractivity contribution in [2.24, 2.45) is 22.7 Å². The van der Waals surface area contributed by atoms with Gasteiger partial charge >= 0.3 is 0 Å². The van der Waals surface area contributed by atoms with Gasteiger partial charge < -0.3 is 25.6 Å². The van der Waals surface area contributed by atoms with Crippen LogP contribution in [0, 0.1) is 16.7 Å². The number of ether oxygens (including phenoxy) is 1. The third kappa shape index (κ3) is 6.22.